The Kier molecular flexibility index (Phi) is 6.84. The van der Waals surface area contributed by atoms with E-state index in [0.29, 0.717) is 12.5 Å². The van der Waals surface area contributed by atoms with Crippen molar-refractivity contribution in [3.05, 3.63) is 0 Å². The van der Waals surface area contributed by atoms with Crippen molar-refractivity contribution in [3.8, 4) is 0 Å². The average Bonchev–Trinajstić information content (AvgIpc) is 2.36. The van der Waals surface area contributed by atoms with Crippen LogP contribution in [0.5, 0.6) is 0 Å². The number of hydrogen-bond donors (Lipinski definition) is 2. The van der Waals surface area contributed by atoms with Gasteiger partial charge in [-0.2, -0.15) is 0 Å². The number of hydrogen-bond acceptors (Lipinski definition) is 3. The third kappa shape index (κ3) is 6.57. The van der Waals surface area contributed by atoms with Crippen LogP contribution < -0.4 is 10.6 Å². The molecule has 1 fully saturated rings. The molecule has 0 radical (unpaired) electrons. The van der Waals surface area contributed by atoms with Gasteiger partial charge in [0.1, 0.15) is 0 Å². The van der Waals surface area contributed by atoms with Crippen molar-refractivity contribution in [1.29, 1.82) is 0 Å². The summed E-state index contributed by atoms with van der Waals surface area (Å²) in [5.74, 6) is -0.651. The summed E-state index contributed by atoms with van der Waals surface area (Å²) in [6, 6.07) is 0.186. The zero-order valence-electron chi connectivity index (χ0n) is 12.4. The highest BCUT2D eigenvalue weighted by Crippen LogP contribution is 2.17. The molecule has 5 heteroatoms. The second-order valence-electron chi connectivity index (χ2n) is 5.89. The molecule has 0 spiro atoms. The first kappa shape index (κ1) is 16.0. The summed E-state index contributed by atoms with van der Waals surface area (Å²) >= 11 is 0. The number of carbonyl (C=O) groups excluding carboxylic acids is 2. The maximum atomic E-state index is 11.7. The van der Waals surface area contributed by atoms with Crippen molar-refractivity contribution in [2.24, 2.45) is 5.92 Å². The van der Waals surface area contributed by atoms with Crippen LogP contribution >= 0.6 is 0 Å². The van der Waals surface area contributed by atoms with Gasteiger partial charge in [-0.1, -0.05) is 26.2 Å². The Hall–Kier alpha value is -1.10. The van der Waals surface area contributed by atoms with Crippen molar-refractivity contribution < 1.29 is 9.59 Å². The summed E-state index contributed by atoms with van der Waals surface area (Å²) in [4.78, 5) is 25.5. The summed E-state index contributed by atoms with van der Waals surface area (Å²) in [5.41, 5.74) is 0. The number of nitrogens with zero attached hydrogens (tertiary/aromatic N) is 1. The Morgan fingerprint density at radius 2 is 1.79 bits per heavy atom. The van der Waals surface area contributed by atoms with E-state index in [9.17, 15) is 9.59 Å². The van der Waals surface area contributed by atoms with Crippen molar-refractivity contribution in [3.63, 3.8) is 0 Å². The molecule has 1 saturated carbocycles. The molecule has 0 saturated heterocycles. The molecule has 1 rings (SSSR count). The van der Waals surface area contributed by atoms with E-state index >= 15 is 0 Å². The SMILES string of the molecule is C[C@@H](CNC(=O)C(=O)NC1CCCCC1)CN(C)C. The lowest BCUT2D eigenvalue weighted by atomic mass is 9.95. The molecule has 2 N–H and O–H groups in total. The first-order valence-electron chi connectivity index (χ1n) is 7.22. The molecular formula is C14H27N3O2. The van der Waals surface area contributed by atoms with Crippen LogP contribution in [0.2, 0.25) is 0 Å². The van der Waals surface area contributed by atoms with Crippen LogP contribution in [0, 0.1) is 5.92 Å². The monoisotopic (exact) mass is 269 g/mol. The number of rotatable bonds is 5. The van der Waals surface area contributed by atoms with Crippen LogP contribution in [0.25, 0.3) is 0 Å². The fourth-order valence-corrected chi connectivity index (χ4v) is 2.53. The molecule has 19 heavy (non-hydrogen) atoms. The topological polar surface area (TPSA) is 61.4 Å². The van der Waals surface area contributed by atoms with Gasteiger partial charge >= 0.3 is 11.8 Å². The Labute approximate surface area is 116 Å². The highest BCUT2D eigenvalue weighted by Gasteiger charge is 2.20. The van der Waals surface area contributed by atoms with E-state index in [-0.39, 0.29) is 6.04 Å². The minimum absolute atomic E-state index is 0.186. The molecular weight excluding hydrogens is 242 g/mol. The molecule has 0 unspecified atom stereocenters. The van der Waals surface area contributed by atoms with Gasteiger partial charge in [0.15, 0.2) is 0 Å². The van der Waals surface area contributed by atoms with Crippen LogP contribution in [-0.2, 0) is 9.59 Å². The van der Waals surface area contributed by atoms with Gasteiger partial charge < -0.3 is 15.5 Å². The summed E-state index contributed by atoms with van der Waals surface area (Å²) in [5, 5.41) is 5.52. The van der Waals surface area contributed by atoms with Crippen LogP contribution in [0.15, 0.2) is 0 Å². The summed E-state index contributed by atoms with van der Waals surface area (Å²) in [7, 11) is 3.99. The van der Waals surface area contributed by atoms with E-state index in [1.54, 1.807) is 0 Å². The van der Waals surface area contributed by atoms with E-state index in [1.165, 1.54) is 6.42 Å². The van der Waals surface area contributed by atoms with Gasteiger partial charge in [-0.25, -0.2) is 0 Å². The Balaban J connectivity index is 2.22. The molecule has 0 aromatic heterocycles. The van der Waals surface area contributed by atoms with E-state index in [0.717, 1.165) is 32.2 Å². The number of carbonyl (C=O) groups is 2. The molecule has 2 amide bonds. The standard InChI is InChI=1S/C14H27N3O2/c1-11(10-17(2)3)9-15-13(18)14(19)16-12-7-5-4-6-8-12/h11-12H,4-10H2,1-3H3,(H,15,18)(H,16,19)/t11-/m0/s1. The molecule has 110 valence electrons. The normalized spacial score (nSPS) is 18.1. The Morgan fingerprint density at radius 3 is 2.37 bits per heavy atom. The lowest BCUT2D eigenvalue weighted by Crippen LogP contribution is -2.46. The molecule has 0 aromatic carbocycles. The predicted octanol–water partition coefficient (Wildman–Crippen LogP) is 0.749. The summed E-state index contributed by atoms with van der Waals surface area (Å²) in [6.07, 6.45) is 5.52. The lowest BCUT2D eigenvalue weighted by Gasteiger charge is -2.22. The van der Waals surface area contributed by atoms with Gasteiger partial charge in [0.05, 0.1) is 0 Å². The minimum atomic E-state index is -0.504. The van der Waals surface area contributed by atoms with Gasteiger partial charge in [0, 0.05) is 19.1 Å². The van der Waals surface area contributed by atoms with Crippen LogP contribution in [0.1, 0.15) is 39.0 Å². The summed E-state index contributed by atoms with van der Waals surface area (Å²) in [6.45, 7) is 3.49. The van der Waals surface area contributed by atoms with Gasteiger partial charge in [-0.05, 0) is 32.9 Å². The van der Waals surface area contributed by atoms with Crippen LogP contribution in [-0.4, -0.2) is 49.9 Å². The van der Waals surface area contributed by atoms with E-state index < -0.39 is 11.8 Å². The number of nitrogens with one attached hydrogen (secondary N) is 2. The zero-order valence-corrected chi connectivity index (χ0v) is 12.4. The maximum absolute atomic E-state index is 11.7. The molecule has 0 aromatic rings. The molecule has 0 heterocycles. The predicted molar refractivity (Wildman–Crippen MR) is 75.7 cm³/mol. The molecule has 1 aliphatic rings. The van der Waals surface area contributed by atoms with Crippen molar-refractivity contribution in [2.45, 2.75) is 45.1 Å². The quantitative estimate of drug-likeness (QED) is 0.724. The lowest BCUT2D eigenvalue weighted by molar-refractivity contribution is -0.139. The van der Waals surface area contributed by atoms with Gasteiger partial charge in [0.2, 0.25) is 0 Å². The molecule has 0 bridgehead atoms. The van der Waals surface area contributed by atoms with E-state index in [1.807, 2.05) is 14.1 Å². The molecule has 1 atom stereocenters. The largest absolute Gasteiger partial charge is 0.348 e. The molecule has 5 nitrogen and oxygen atoms in total. The highest BCUT2D eigenvalue weighted by atomic mass is 16.2. The second-order valence-corrected chi connectivity index (χ2v) is 5.89. The average molecular weight is 269 g/mol. The maximum Gasteiger partial charge on any atom is 0.309 e. The zero-order chi connectivity index (χ0) is 14.3. The van der Waals surface area contributed by atoms with Crippen molar-refractivity contribution in [1.82, 2.24) is 15.5 Å². The van der Waals surface area contributed by atoms with Gasteiger partial charge in [-0.15, -0.1) is 0 Å². The minimum Gasteiger partial charge on any atom is -0.348 e. The third-order valence-corrected chi connectivity index (χ3v) is 3.43. The fourth-order valence-electron chi connectivity index (χ4n) is 2.53. The third-order valence-electron chi connectivity index (χ3n) is 3.43. The van der Waals surface area contributed by atoms with Gasteiger partial charge in [-0.3, -0.25) is 9.59 Å². The Bertz CT molecular complexity index is 299. The van der Waals surface area contributed by atoms with E-state index in [4.69, 9.17) is 0 Å². The molecule has 0 aliphatic heterocycles. The highest BCUT2D eigenvalue weighted by molar-refractivity contribution is 6.35. The first-order valence-corrected chi connectivity index (χ1v) is 7.22. The van der Waals surface area contributed by atoms with Crippen LogP contribution in [0.3, 0.4) is 0 Å². The summed E-state index contributed by atoms with van der Waals surface area (Å²) < 4.78 is 0. The van der Waals surface area contributed by atoms with Crippen molar-refractivity contribution in [2.75, 3.05) is 27.2 Å². The van der Waals surface area contributed by atoms with Gasteiger partial charge in [0.25, 0.3) is 0 Å². The second kappa shape index (κ2) is 8.15. The molecule has 1 aliphatic carbocycles. The number of amides is 2. The van der Waals surface area contributed by atoms with Crippen LogP contribution in [0.4, 0.5) is 0 Å². The Morgan fingerprint density at radius 1 is 1.16 bits per heavy atom. The smallest absolute Gasteiger partial charge is 0.309 e. The van der Waals surface area contributed by atoms with E-state index in [2.05, 4.69) is 22.5 Å². The fraction of sp³-hybridized carbons (Fsp3) is 0.857. The first-order chi connectivity index (χ1) is 8.99. The van der Waals surface area contributed by atoms with Crippen molar-refractivity contribution >= 4 is 11.8 Å².